The van der Waals surface area contributed by atoms with Gasteiger partial charge in [0.05, 0.1) is 29.3 Å². The fourth-order valence-corrected chi connectivity index (χ4v) is 6.34. The summed E-state index contributed by atoms with van der Waals surface area (Å²) < 4.78 is 6.85. The largest absolute Gasteiger partial charge is 0.465 e. The van der Waals surface area contributed by atoms with Crippen LogP contribution < -0.4 is 5.56 Å². The van der Waals surface area contributed by atoms with Gasteiger partial charge < -0.3 is 4.74 Å². The lowest BCUT2D eigenvalue weighted by molar-refractivity contribution is -0.139. The van der Waals surface area contributed by atoms with Gasteiger partial charge in [0.1, 0.15) is 0 Å². The first-order chi connectivity index (χ1) is 16.5. The number of aryl methyl sites for hydroxylation is 1. The van der Waals surface area contributed by atoms with Gasteiger partial charge >= 0.3 is 5.97 Å². The first kappa shape index (κ1) is 22.9. The lowest BCUT2D eigenvalue weighted by atomic mass is 9.62. The maximum absolute atomic E-state index is 14.4. The molecule has 2 aliphatic carbocycles. The van der Waals surface area contributed by atoms with E-state index in [-0.39, 0.29) is 22.7 Å². The predicted molar refractivity (Wildman–Crippen MR) is 136 cm³/mol. The Labute approximate surface area is 204 Å². The summed E-state index contributed by atoms with van der Waals surface area (Å²) in [6.07, 6.45) is 6.38. The number of nitrogens with zero attached hydrogens (tertiary/aromatic N) is 2. The fourth-order valence-electron chi connectivity index (χ4n) is 5.53. The van der Waals surface area contributed by atoms with Gasteiger partial charge in [0.15, 0.2) is 5.16 Å². The van der Waals surface area contributed by atoms with E-state index in [0.29, 0.717) is 11.8 Å². The Morgan fingerprint density at radius 2 is 1.82 bits per heavy atom. The molecule has 0 aliphatic heterocycles. The third-order valence-corrected chi connectivity index (χ3v) is 8.02. The summed E-state index contributed by atoms with van der Waals surface area (Å²) in [5.74, 6) is -0.198. The van der Waals surface area contributed by atoms with E-state index in [1.54, 1.807) is 11.5 Å². The van der Waals surface area contributed by atoms with E-state index >= 15 is 0 Å². The summed E-state index contributed by atoms with van der Waals surface area (Å²) in [5.41, 5.74) is 5.68. The van der Waals surface area contributed by atoms with Crippen molar-refractivity contribution in [2.75, 3.05) is 12.4 Å². The molecule has 0 saturated heterocycles. The highest BCUT2D eigenvalue weighted by atomic mass is 32.2. The van der Waals surface area contributed by atoms with Crippen molar-refractivity contribution in [2.45, 2.75) is 62.9 Å². The standard InChI is InChI=1S/C28H30N2O3S/c1-3-33-23(31)18-34-27-29-25-22-10-6-5-9-20(22)17-28(15-7-4-8-16-28)24(25)26(32)30(27)21-13-11-19(2)12-14-21/h5-6,9-14H,3-4,7-8,15-18H2,1-2H3. The number of fused-ring (bicyclic) bond motifs is 4. The minimum atomic E-state index is -0.306. The van der Waals surface area contributed by atoms with E-state index in [2.05, 4.69) is 18.2 Å². The molecule has 5 rings (SSSR count). The molecule has 6 heteroatoms. The molecule has 1 spiro atoms. The van der Waals surface area contributed by atoms with Crippen molar-refractivity contribution >= 4 is 17.7 Å². The zero-order valence-electron chi connectivity index (χ0n) is 19.8. The molecule has 0 bridgehead atoms. The van der Waals surface area contributed by atoms with Crippen LogP contribution in [0.2, 0.25) is 0 Å². The summed E-state index contributed by atoms with van der Waals surface area (Å²) in [5, 5.41) is 0.531. The van der Waals surface area contributed by atoms with E-state index in [1.165, 1.54) is 23.7 Å². The molecule has 34 heavy (non-hydrogen) atoms. The molecule has 176 valence electrons. The molecule has 2 aromatic carbocycles. The molecule has 0 atom stereocenters. The predicted octanol–water partition coefficient (Wildman–Crippen LogP) is 5.62. The minimum absolute atomic E-state index is 0.00313. The average Bonchev–Trinajstić information content (AvgIpc) is 2.84. The number of hydrogen-bond acceptors (Lipinski definition) is 5. The number of ether oxygens (including phenoxy) is 1. The second-order valence-corrected chi connectivity index (χ2v) is 10.3. The molecule has 0 N–H and O–H groups in total. The van der Waals surface area contributed by atoms with Crippen LogP contribution >= 0.6 is 11.8 Å². The monoisotopic (exact) mass is 474 g/mol. The first-order valence-electron chi connectivity index (χ1n) is 12.1. The van der Waals surface area contributed by atoms with Gasteiger partial charge in [-0.3, -0.25) is 14.2 Å². The van der Waals surface area contributed by atoms with E-state index in [4.69, 9.17) is 9.72 Å². The lowest BCUT2D eigenvalue weighted by Crippen LogP contribution is -2.42. The van der Waals surface area contributed by atoms with Gasteiger partial charge in [-0.05, 0) is 50.8 Å². The van der Waals surface area contributed by atoms with Crippen molar-refractivity contribution in [3.05, 3.63) is 75.6 Å². The molecule has 5 nitrogen and oxygen atoms in total. The molecule has 0 radical (unpaired) electrons. The van der Waals surface area contributed by atoms with Crippen molar-refractivity contribution in [1.29, 1.82) is 0 Å². The number of hydrogen-bond donors (Lipinski definition) is 0. The van der Waals surface area contributed by atoms with Crippen LogP contribution in [-0.4, -0.2) is 27.9 Å². The second-order valence-electron chi connectivity index (χ2n) is 9.36. The van der Waals surface area contributed by atoms with Crippen LogP contribution in [0.15, 0.2) is 58.5 Å². The zero-order valence-corrected chi connectivity index (χ0v) is 20.6. The van der Waals surface area contributed by atoms with Crippen LogP contribution in [0.1, 0.15) is 55.7 Å². The smallest absolute Gasteiger partial charge is 0.316 e. The van der Waals surface area contributed by atoms with E-state index in [0.717, 1.165) is 60.2 Å². The number of benzene rings is 2. The molecule has 1 aromatic heterocycles. The summed E-state index contributed by atoms with van der Waals surface area (Å²) in [7, 11) is 0. The number of carbonyl (C=O) groups excluding carboxylic acids is 1. The van der Waals surface area contributed by atoms with Crippen LogP contribution in [0.5, 0.6) is 0 Å². The van der Waals surface area contributed by atoms with E-state index < -0.39 is 0 Å². The number of rotatable bonds is 5. The van der Waals surface area contributed by atoms with Crippen LogP contribution in [-0.2, 0) is 21.4 Å². The number of thioether (sulfide) groups is 1. The molecule has 1 saturated carbocycles. The van der Waals surface area contributed by atoms with E-state index in [1.807, 2.05) is 37.3 Å². The maximum atomic E-state index is 14.4. The normalized spacial score (nSPS) is 16.1. The summed E-state index contributed by atoms with van der Waals surface area (Å²) in [6.45, 7) is 4.15. The van der Waals surface area contributed by atoms with Crippen LogP contribution in [0, 0.1) is 6.92 Å². The highest BCUT2D eigenvalue weighted by Gasteiger charge is 2.43. The van der Waals surface area contributed by atoms with Gasteiger partial charge in [0.2, 0.25) is 0 Å². The summed E-state index contributed by atoms with van der Waals surface area (Å²) in [6, 6.07) is 16.3. The summed E-state index contributed by atoms with van der Waals surface area (Å²) in [4.78, 5) is 31.6. The number of aromatic nitrogens is 2. The Balaban J connectivity index is 1.75. The molecule has 0 amide bonds. The molecule has 1 fully saturated rings. The van der Waals surface area contributed by atoms with E-state index in [9.17, 15) is 9.59 Å². The van der Waals surface area contributed by atoms with Gasteiger partial charge in [-0.1, -0.05) is 73.0 Å². The van der Waals surface area contributed by atoms with Gasteiger partial charge in [-0.25, -0.2) is 4.98 Å². The Bertz CT molecular complexity index is 1270. The Morgan fingerprint density at radius 3 is 2.56 bits per heavy atom. The topological polar surface area (TPSA) is 61.2 Å². The fraction of sp³-hybridized carbons (Fsp3) is 0.393. The van der Waals surface area contributed by atoms with Crippen molar-refractivity contribution in [1.82, 2.24) is 9.55 Å². The zero-order chi connectivity index (χ0) is 23.7. The quantitative estimate of drug-likeness (QED) is 0.273. The number of esters is 1. The Morgan fingerprint density at radius 1 is 1.09 bits per heavy atom. The summed E-state index contributed by atoms with van der Waals surface area (Å²) >= 11 is 1.27. The molecular formula is C28H30N2O3S. The molecule has 0 unspecified atom stereocenters. The lowest BCUT2D eigenvalue weighted by Gasteiger charge is -2.42. The van der Waals surface area contributed by atoms with Crippen molar-refractivity contribution < 1.29 is 9.53 Å². The highest BCUT2D eigenvalue weighted by molar-refractivity contribution is 7.99. The third kappa shape index (κ3) is 4.09. The number of carbonyl (C=O) groups is 1. The van der Waals surface area contributed by atoms with Crippen LogP contribution in [0.4, 0.5) is 0 Å². The minimum Gasteiger partial charge on any atom is -0.465 e. The molecular weight excluding hydrogens is 444 g/mol. The Kier molecular flexibility index (Phi) is 6.34. The average molecular weight is 475 g/mol. The second kappa shape index (κ2) is 9.41. The van der Waals surface area contributed by atoms with Crippen LogP contribution in [0.3, 0.4) is 0 Å². The molecule has 3 aromatic rings. The highest BCUT2D eigenvalue weighted by Crippen LogP contribution is 2.49. The van der Waals surface area contributed by atoms with Gasteiger partial charge in [-0.2, -0.15) is 0 Å². The molecule has 2 aliphatic rings. The van der Waals surface area contributed by atoms with Gasteiger partial charge in [-0.15, -0.1) is 0 Å². The van der Waals surface area contributed by atoms with Crippen molar-refractivity contribution in [3.8, 4) is 16.9 Å². The SMILES string of the molecule is CCOC(=O)CSc1nc2c(c(=O)n1-c1ccc(C)cc1)C1(CCCCC1)Cc1ccccc1-2. The van der Waals surface area contributed by atoms with Gasteiger partial charge in [0, 0.05) is 11.0 Å². The van der Waals surface area contributed by atoms with Crippen molar-refractivity contribution in [2.24, 2.45) is 0 Å². The maximum Gasteiger partial charge on any atom is 0.316 e. The first-order valence-corrected chi connectivity index (χ1v) is 13.1. The Hall–Kier alpha value is -2.86. The third-order valence-electron chi connectivity index (χ3n) is 7.11. The molecule has 1 heterocycles. The van der Waals surface area contributed by atoms with Crippen molar-refractivity contribution in [3.63, 3.8) is 0 Å². The van der Waals surface area contributed by atoms with Gasteiger partial charge in [0.25, 0.3) is 5.56 Å². The van der Waals surface area contributed by atoms with Crippen LogP contribution in [0.25, 0.3) is 16.9 Å².